The highest BCUT2D eigenvalue weighted by Crippen LogP contribution is 2.38. The second-order valence-electron chi connectivity index (χ2n) is 10.8. The Morgan fingerprint density at radius 3 is 1.74 bits per heavy atom. The third-order valence-corrected chi connectivity index (χ3v) is 9.12. The van der Waals surface area contributed by atoms with Crippen LogP contribution in [0.15, 0.2) is 72.5 Å². The van der Waals surface area contributed by atoms with E-state index in [1.807, 2.05) is 30.3 Å². The molecule has 4 unspecified atom stereocenters. The molecule has 0 aromatic heterocycles. The van der Waals surface area contributed by atoms with Gasteiger partial charge in [0.05, 0.1) is 0 Å². The van der Waals surface area contributed by atoms with Crippen molar-refractivity contribution in [3.8, 4) is 0 Å². The van der Waals surface area contributed by atoms with Crippen LogP contribution in [-0.2, 0) is 32.2 Å². The Labute approximate surface area is 227 Å². The minimum atomic E-state index is -5.58. The molecule has 0 amide bonds. The fourth-order valence-corrected chi connectivity index (χ4v) is 6.78. The number of nitrogens with zero attached hydrogens (tertiary/aromatic N) is 2. The minimum Gasteiger partial charge on any atom is -0.381 e. The molecule has 4 heterocycles. The molecular weight excluding hydrogens is 529 g/mol. The summed E-state index contributed by atoms with van der Waals surface area (Å²) in [5, 5.41) is 0. The van der Waals surface area contributed by atoms with Crippen molar-refractivity contribution in [2.24, 2.45) is 0 Å². The average Bonchev–Trinajstić information content (AvgIpc) is 3.25. The van der Waals surface area contributed by atoms with Gasteiger partial charge in [-0.3, -0.25) is 14.6 Å². The van der Waals surface area contributed by atoms with E-state index in [1.165, 1.54) is 24.5 Å². The van der Waals surface area contributed by atoms with Crippen LogP contribution < -0.4 is 0 Å². The normalized spacial score (nSPS) is 27.1. The number of benzene rings is 2. The molecule has 0 aliphatic carbocycles. The quantitative estimate of drug-likeness (QED) is 0.340. The van der Waals surface area contributed by atoms with Crippen molar-refractivity contribution < 1.29 is 30.6 Å². The first-order valence-corrected chi connectivity index (χ1v) is 14.8. The highest BCUT2D eigenvalue weighted by atomic mass is 32.2. The van der Waals surface area contributed by atoms with E-state index in [0.29, 0.717) is 24.4 Å². The zero-order chi connectivity index (χ0) is 27.6. The molecule has 210 valence electrons. The molecule has 0 N–H and O–H groups in total. The molecule has 4 atom stereocenters. The molecule has 0 radical (unpaired) electrons. The zero-order valence-corrected chi connectivity index (χ0v) is 22.4. The number of carbonyl (C=O) groups excluding carboxylic acids is 1. The number of halogens is 3. The molecular formula is C29H33F3N2O4S. The van der Waals surface area contributed by atoms with Crippen molar-refractivity contribution in [1.29, 1.82) is 0 Å². The SMILES string of the molecule is O=C1CC2CCC(C1)N2Cc1ccccc1.O=S(=O)(OC1=CC2CCC(C1)N2Cc1ccccc1)C(F)(F)F. The maximum Gasteiger partial charge on any atom is 0.534 e. The standard InChI is InChI=1S/C15H16F3NO3S.C14H17NO/c16-15(17,18)23(20,21)22-14-8-12-6-7-13(9-14)19(12)10-11-4-2-1-3-5-11;16-14-8-12-6-7-13(9-14)15(12)10-11-4-2-1-3-5-11/h1-5,8,12-13H,6-7,9-10H2;1-5,12-13H,6-10H2. The Balaban J connectivity index is 0.000000168. The third-order valence-electron chi connectivity index (χ3n) is 8.12. The van der Waals surface area contributed by atoms with Crippen LogP contribution in [0, 0.1) is 0 Å². The predicted molar refractivity (Wildman–Crippen MR) is 141 cm³/mol. The lowest BCUT2D eigenvalue weighted by molar-refractivity contribution is -0.123. The van der Waals surface area contributed by atoms with Crippen LogP contribution in [0.3, 0.4) is 0 Å². The number of hydrogen-bond donors (Lipinski definition) is 0. The summed E-state index contributed by atoms with van der Waals surface area (Å²) in [5.74, 6) is 0.371. The fourth-order valence-electron chi connectivity index (χ4n) is 6.28. The van der Waals surface area contributed by atoms with Crippen LogP contribution in [-0.4, -0.2) is 53.7 Å². The lowest BCUT2D eigenvalue weighted by Gasteiger charge is -2.33. The fraction of sp³-hybridized carbons (Fsp3) is 0.483. The Morgan fingerprint density at radius 1 is 0.744 bits per heavy atom. The first-order chi connectivity index (χ1) is 18.6. The van der Waals surface area contributed by atoms with Crippen molar-refractivity contribution in [1.82, 2.24) is 9.80 Å². The van der Waals surface area contributed by atoms with E-state index >= 15 is 0 Å². The summed E-state index contributed by atoms with van der Waals surface area (Å²) in [6, 6.07) is 21.3. The Hall–Kier alpha value is -2.69. The number of hydrogen-bond acceptors (Lipinski definition) is 6. The van der Waals surface area contributed by atoms with Crippen LogP contribution in [0.1, 0.15) is 56.1 Å². The number of Topliss-reactive ketones (excluding diaryl/α,β-unsaturated/α-hetero) is 1. The molecule has 4 aliphatic heterocycles. The Kier molecular flexibility index (Phi) is 8.16. The first kappa shape index (κ1) is 27.9. The molecule has 4 aliphatic rings. The van der Waals surface area contributed by atoms with Crippen LogP contribution in [0.5, 0.6) is 0 Å². The van der Waals surface area contributed by atoms with Gasteiger partial charge in [0, 0.05) is 56.5 Å². The van der Waals surface area contributed by atoms with Crippen molar-refractivity contribution in [3.05, 3.63) is 83.6 Å². The van der Waals surface area contributed by atoms with Gasteiger partial charge in [0.15, 0.2) is 0 Å². The van der Waals surface area contributed by atoms with E-state index in [-0.39, 0.29) is 24.3 Å². The summed E-state index contributed by atoms with van der Waals surface area (Å²) in [6.45, 7) is 1.70. The molecule has 2 aromatic carbocycles. The number of rotatable bonds is 6. The second-order valence-corrected chi connectivity index (χ2v) is 12.3. The van der Waals surface area contributed by atoms with Gasteiger partial charge in [-0.15, -0.1) is 0 Å². The molecule has 3 saturated heterocycles. The highest BCUT2D eigenvalue weighted by Gasteiger charge is 2.50. The smallest absolute Gasteiger partial charge is 0.381 e. The van der Waals surface area contributed by atoms with Crippen molar-refractivity contribution in [2.75, 3.05) is 0 Å². The van der Waals surface area contributed by atoms with Crippen LogP contribution in [0.25, 0.3) is 0 Å². The van der Waals surface area contributed by atoms with Crippen molar-refractivity contribution in [3.63, 3.8) is 0 Å². The van der Waals surface area contributed by atoms with Gasteiger partial charge in [-0.25, -0.2) is 0 Å². The Morgan fingerprint density at radius 2 is 1.23 bits per heavy atom. The summed E-state index contributed by atoms with van der Waals surface area (Å²) in [7, 11) is -5.58. The topological polar surface area (TPSA) is 66.9 Å². The molecule has 2 aromatic rings. The van der Waals surface area contributed by atoms with Gasteiger partial charge < -0.3 is 4.18 Å². The van der Waals surface area contributed by atoms with Crippen LogP contribution >= 0.6 is 0 Å². The van der Waals surface area contributed by atoms with Gasteiger partial charge in [-0.05, 0) is 42.9 Å². The molecule has 0 saturated carbocycles. The molecule has 10 heteroatoms. The highest BCUT2D eigenvalue weighted by molar-refractivity contribution is 7.87. The lowest BCUT2D eigenvalue weighted by atomic mass is 10.0. The van der Waals surface area contributed by atoms with E-state index in [2.05, 4.69) is 44.3 Å². The summed E-state index contributed by atoms with van der Waals surface area (Å²) in [4.78, 5) is 16.2. The molecule has 6 nitrogen and oxygen atoms in total. The first-order valence-electron chi connectivity index (χ1n) is 13.4. The number of alkyl halides is 3. The van der Waals surface area contributed by atoms with Crippen molar-refractivity contribution in [2.45, 2.75) is 87.7 Å². The zero-order valence-electron chi connectivity index (χ0n) is 21.6. The summed E-state index contributed by atoms with van der Waals surface area (Å²) in [6.07, 6.45) is 7.27. The van der Waals surface area contributed by atoms with Gasteiger partial charge >= 0.3 is 15.6 Å². The summed E-state index contributed by atoms with van der Waals surface area (Å²) >= 11 is 0. The van der Waals surface area contributed by atoms with Crippen LogP contribution in [0.4, 0.5) is 13.2 Å². The van der Waals surface area contributed by atoms with Gasteiger partial charge in [0.1, 0.15) is 11.5 Å². The minimum absolute atomic E-state index is 0.00337. The molecule has 6 rings (SSSR count). The number of carbonyl (C=O) groups is 1. The maximum atomic E-state index is 12.4. The Bertz CT molecular complexity index is 1270. The summed E-state index contributed by atoms with van der Waals surface area (Å²) < 4.78 is 63.8. The number of piperidine rings is 1. The largest absolute Gasteiger partial charge is 0.534 e. The van der Waals surface area contributed by atoms with Crippen LogP contribution in [0.2, 0.25) is 0 Å². The third kappa shape index (κ3) is 6.56. The maximum absolute atomic E-state index is 12.4. The van der Waals surface area contributed by atoms with Gasteiger partial charge in [-0.2, -0.15) is 21.6 Å². The average molecular weight is 563 g/mol. The van der Waals surface area contributed by atoms with E-state index in [4.69, 9.17) is 0 Å². The summed E-state index contributed by atoms with van der Waals surface area (Å²) in [5.41, 5.74) is -2.91. The monoisotopic (exact) mass is 562 g/mol. The molecule has 4 bridgehead atoms. The molecule has 0 spiro atoms. The van der Waals surface area contributed by atoms with E-state index < -0.39 is 15.6 Å². The van der Waals surface area contributed by atoms with Gasteiger partial charge in [0.2, 0.25) is 0 Å². The van der Waals surface area contributed by atoms with Gasteiger partial charge in [-0.1, -0.05) is 60.7 Å². The van der Waals surface area contributed by atoms with E-state index in [0.717, 1.165) is 37.8 Å². The number of ketones is 1. The van der Waals surface area contributed by atoms with Crippen molar-refractivity contribution >= 4 is 15.9 Å². The molecule has 3 fully saturated rings. The second kappa shape index (κ2) is 11.4. The molecule has 39 heavy (non-hydrogen) atoms. The van der Waals surface area contributed by atoms with Gasteiger partial charge in [0.25, 0.3) is 0 Å². The van der Waals surface area contributed by atoms with E-state index in [1.54, 1.807) is 0 Å². The number of fused-ring (bicyclic) bond motifs is 4. The lowest BCUT2D eigenvalue weighted by Crippen LogP contribution is -2.42. The van der Waals surface area contributed by atoms with E-state index in [9.17, 15) is 26.4 Å². The predicted octanol–water partition coefficient (Wildman–Crippen LogP) is 5.56.